The number of carboxylic acid groups (broad SMARTS) is 1. The van der Waals surface area contributed by atoms with E-state index in [1.807, 2.05) is 0 Å². The van der Waals surface area contributed by atoms with Crippen LogP contribution in [0.15, 0.2) is 30.3 Å². The maximum absolute atomic E-state index is 12.7. The fourth-order valence-corrected chi connectivity index (χ4v) is 3.06. The van der Waals surface area contributed by atoms with Crippen molar-refractivity contribution in [1.29, 1.82) is 0 Å². The van der Waals surface area contributed by atoms with Crippen LogP contribution in [0.5, 0.6) is 11.5 Å². The second kappa shape index (κ2) is 7.63. The molecule has 0 saturated heterocycles. The van der Waals surface area contributed by atoms with Gasteiger partial charge in [0, 0.05) is 23.7 Å². The number of fused-ring (bicyclic) bond motifs is 1. The zero-order valence-corrected chi connectivity index (χ0v) is 15.9. The number of hydrogen-bond donors (Lipinski definition) is 1. The van der Waals surface area contributed by atoms with Crippen molar-refractivity contribution in [3.8, 4) is 11.5 Å². The van der Waals surface area contributed by atoms with Crippen LogP contribution in [0.25, 0.3) is 0 Å². The molecule has 2 aromatic rings. The van der Waals surface area contributed by atoms with Gasteiger partial charge in [0.15, 0.2) is 11.5 Å². The lowest BCUT2D eigenvalue weighted by atomic mass is 10.0. The molecule has 0 aromatic heterocycles. The van der Waals surface area contributed by atoms with Crippen molar-refractivity contribution in [2.45, 2.75) is 6.92 Å². The van der Waals surface area contributed by atoms with Crippen molar-refractivity contribution in [1.82, 2.24) is 4.90 Å². The molecule has 0 atom stereocenters. The van der Waals surface area contributed by atoms with Crippen LogP contribution in [0.1, 0.15) is 48.4 Å². The Bertz CT molecular complexity index is 1050. The van der Waals surface area contributed by atoms with E-state index in [2.05, 4.69) is 5.32 Å². The topological polar surface area (TPSA) is 125 Å². The molecule has 0 spiro atoms. The van der Waals surface area contributed by atoms with E-state index in [0.29, 0.717) is 0 Å². The van der Waals surface area contributed by atoms with E-state index < -0.39 is 23.7 Å². The smallest absolute Gasteiger partial charge is 0.261 e. The van der Waals surface area contributed by atoms with E-state index in [9.17, 15) is 24.3 Å². The molecule has 0 bridgehead atoms. The zero-order valence-electron chi connectivity index (χ0n) is 15.9. The molecule has 1 heterocycles. The SMILES string of the molecule is CCN1C(=O)c2ccc(C(=O)Nc3cc(OC)c(OC)cc3C(=O)[O-])cc2C1=O. The maximum Gasteiger partial charge on any atom is 0.261 e. The molecule has 0 saturated carbocycles. The van der Waals surface area contributed by atoms with E-state index in [4.69, 9.17) is 9.47 Å². The number of nitrogens with one attached hydrogen (secondary N) is 1. The highest BCUT2D eigenvalue weighted by Crippen LogP contribution is 2.33. The van der Waals surface area contributed by atoms with Crippen molar-refractivity contribution in [2.24, 2.45) is 0 Å². The Labute approximate surface area is 165 Å². The van der Waals surface area contributed by atoms with Gasteiger partial charge < -0.3 is 24.7 Å². The molecule has 3 rings (SSSR count). The van der Waals surface area contributed by atoms with Gasteiger partial charge in [-0.05, 0) is 31.2 Å². The number of benzene rings is 2. The number of rotatable bonds is 6. The molecular weight excluding hydrogens is 380 g/mol. The van der Waals surface area contributed by atoms with Gasteiger partial charge in [0.05, 0.1) is 37.0 Å². The molecule has 0 unspecified atom stereocenters. The number of nitrogens with zero attached hydrogens (tertiary/aromatic N) is 1. The minimum absolute atomic E-state index is 0.0641. The number of carbonyl (C=O) groups excluding carboxylic acids is 4. The first-order chi connectivity index (χ1) is 13.8. The van der Waals surface area contributed by atoms with Crippen molar-refractivity contribution < 1.29 is 33.8 Å². The molecule has 0 radical (unpaired) electrons. The highest BCUT2D eigenvalue weighted by atomic mass is 16.5. The van der Waals surface area contributed by atoms with Crippen LogP contribution in [0.2, 0.25) is 0 Å². The molecule has 0 fully saturated rings. The fourth-order valence-electron chi connectivity index (χ4n) is 3.06. The van der Waals surface area contributed by atoms with E-state index in [-0.39, 0.29) is 46.0 Å². The predicted octanol–water partition coefficient (Wildman–Crippen LogP) is 0.935. The third-order valence-electron chi connectivity index (χ3n) is 4.54. The molecule has 150 valence electrons. The summed E-state index contributed by atoms with van der Waals surface area (Å²) in [6.07, 6.45) is 0. The minimum atomic E-state index is -1.52. The van der Waals surface area contributed by atoms with Gasteiger partial charge in [0.25, 0.3) is 17.7 Å². The Kier molecular flexibility index (Phi) is 5.22. The lowest BCUT2D eigenvalue weighted by molar-refractivity contribution is -0.254. The fraction of sp³-hybridized carbons (Fsp3) is 0.200. The zero-order chi connectivity index (χ0) is 21.3. The van der Waals surface area contributed by atoms with E-state index in [1.54, 1.807) is 6.92 Å². The highest BCUT2D eigenvalue weighted by molar-refractivity contribution is 6.22. The van der Waals surface area contributed by atoms with Crippen LogP contribution in [-0.2, 0) is 0 Å². The molecule has 3 amide bonds. The van der Waals surface area contributed by atoms with Gasteiger partial charge in [-0.15, -0.1) is 0 Å². The number of imide groups is 1. The summed E-state index contributed by atoms with van der Waals surface area (Å²) >= 11 is 0. The van der Waals surface area contributed by atoms with E-state index in [0.717, 1.165) is 4.90 Å². The molecule has 1 N–H and O–H groups in total. The van der Waals surface area contributed by atoms with Gasteiger partial charge in [0.1, 0.15) is 0 Å². The molecule has 29 heavy (non-hydrogen) atoms. The summed E-state index contributed by atoms with van der Waals surface area (Å²) in [5.41, 5.74) is 0.0557. The first-order valence-electron chi connectivity index (χ1n) is 8.61. The summed E-state index contributed by atoms with van der Waals surface area (Å²) < 4.78 is 10.2. The van der Waals surface area contributed by atoms with Gasteiger partial charge in [-0.2, -0.15) is 0 Å². The number of aromatic carboxylic acids is 1. The van der Waals surface area contributed by atoms with Crippen molar-refractivity contribution in [3.63, 3.8) is 0 Å². The van der Waals surface area contributed by atoms with Crippen molar-refractivity contribution >= 4 is 29.4 Å². The summed E-state index contributed by atoms with van der Waals surface area (Å²) in [4.78, 5) is 49.7. The first-order valence-corrected chi connectivity index (χ1v) is 8.61. The highest BCUT2D eigenvalue weighted by Gasteiger charge is 2.34. The standard InChI is InChI=1S/C20H18N2O7/c1-4-22-18(24)11-6-5-10(7-12(11)19(22)25)17(23)21-14-9-16(29-3)15(28-2)8-13(14)20(26)27/h5-9H,4H2,1-3H3,(H,21,23)(H,26,27)/p-1. The molecule has 1 aliphatic rings. The lowest BCUT2D eigenvalue weighted by Gasteiger charge is -2.16. The van der Waals surface area contributed by atoms with Crippen LogP contribution in [0.3, 0.4) is 0 Å². The van der Waals surface area contributed by atoms with E-state index in [1.165, 1.54) is 44.6 Å². The predicted molar refractivity (Wildman–Crippen MR) is 99.3 cm³/mol. The van der Waals surface area contributed by atoms with Crippen LogP contribution in [0, 0.1) is 0 Å². The van der Waals surface area contributed by atoms with Crippen LogP contribution < -0.4 is 19.9 Å². The Morgan fingerprint density at radius 1 is 1.00 bits per heavy atom. The Morgan fingerprint density at radius 2 is 1.62 bits per heavy atom. The number of ether oxygens (including phenoxy) is 2. The number of carbonyl (C=O) groups is 4. The van der Waals surface area contributed by atoms with Crippen LogP contribution in [-0.4, -0.2) is 49.4 Å². The number of amides is 3. The molecular formula is C20H17N2O7-. The minimum Gasteiger partial charge on any atom is -0.545 e. The van der Waals surface area contributed by atoms with Gasteiger partial charge >= 0.3 is 0 Å². The van der Waals surface area contributed by atoms with Gasteiger partial charge in [-0.3, -0.25) is 19.3 Å². The number of carboxylic acids is 1. The number of anilines is 1. The Morgan fingerprint density at radius 3 is 2.21 bits per heavy atom. The molecule has 9 heteroatoms. The molecule has 1 aliphatic heterocycles. The normalized spacial score (nSPS) is 12.6. The number of hydrogen-bond acceptors (Lipinski definition) is 7. The lowest BCUT2D eigenvalue weighted by Crippen LogP contribution is -2.29. The average molecular weight is 397 g/mol. The largest absolute Gasteiger partial charge is 0.545 e. The third kappa shape index (κ3) is 3.38. The Hall–Kier alpha value is -3.88. The summed E-state index contributed by atoms with van der Waals surface area (Å²) in [7, 11) is 2.71. The third-order valence-corrected chi connectivity index (χ3v) is 4.54. The van der Waals surface area contributed by atoms with Gasteiger partial charge in [-0.1, -0.05) is 0 Å². The maximum atomic E-state index is 12.7. The van der Waals surface area contributed by atoms with Crippen molar-refractivity contribution in [2.75, 3.05) is 26.1 Å². The van der Waals surface area contributed by atoms with Gasteiger partial charge in [0.2, 0.25) is 0 Å². The average Bonchev–Trinajstić information content (AvgIpc) is 2.96. The summed E-state index contributed by atoms with van der Waals surface area (Å²) in [5, 5.41) is 13.9. The molecule has 2 aromatic carbocycles. The van der Waals surface area contributed by atoms with Gasteiger partial charge in [-0.25, -0.2) is 0 Å². The van der Waals surface area contributed by atoms with Crippen LogP contribution >= 0.6 is 0 Å². The Balaban J connectivity index is 1.96. The summed E-state index contributed by atoms with van der Waals surface area (Å²) in [6, 6.07) is 6.56. The quantitative estimate of drug-likeness (QED) is 0.719. The molecule has 0 aliphatic carbocycles. The van der Waals surface area contributed by atoms with Crippen LogP contribution in [0.4, 0.5) is 5.69 Å². The first kappa shape index (κ1) is 19.9. The van der Waals surface area contributed by atoms with Crippen molar-refractivity contribution in [3.05, 3.63) is 52.6 Å². The molecule has 9 nitrogen and oxygen atoms in total. The second-order valence-corrected chi connectivity index (χ2v) is 6.11. The summed E-state index contributed by atoms with van der Waals surface area (Å²) in [5.74, 6) is -2.72. The number of methoxy groups -OCH3 is 2. The second-order valence-electron chi connectivity index (χ2n) is 6.11. The monoisotopic (exact) mass is 397 g/mol. The van der Waals surface area contributed by atoms with E-state index >= 15 is 0 Å². The summed E-state index contributed by atoms with van der Waals surface area (Å²) in [6.45, 7) is 1.89.